The van der Waals surface area contributed by atoms with Crippen LogP contribution in [0, 0.1) is 11.8 Å². The highest BCUT2D eigenvalue weighted by molar-refractivity contribution is 6.27. The molecule has 1 aliphatic rings. The van der Waals surface area contributed by atoms with E-state index in [0.717, 1.165) is 16.8 Å². The zero-order valence-corrected chi connectivity index (χ0v) is 11.2. The second-order valence-electron chi connectivity index (χ2n) is 4.20. The molecule has 1 aromatic heterocycles. The topological polar surface area (TPSA) is 105 Å². The molecule has 3 N–H and O–H groups in total. The predicted octanol–water partition coefficient (Wildman–Crippen LogP) is -1.26. The van der Waals surface area contributed by atoms with Gasteiger partial charge < -0.3 is 14.9 Å². The molecule has 1 saturated heterocycles. The van der Waals surface area contributed by atoms with Gasteiger partial charge in [-0.15, -0.1) is 0 Å². The average molecular weight is 321 g/mol. The van der Waals surface area contributed by atoms with Gasteiger partial charge in [-0.05, 0) is 0 Å². The van der Waals surface area contributed by atoms with Crippen LogP contribution in [0.25, 0.3) is 0 Å². The lowest BCUT2D eigenvalue weighted by molar-refractivity contribution is -0.0464. The number of nitrogens with one attached hydrogen (secondary N) is 1. The van der Waals surface area contributed by atoms with Gasteiger partial charge in [0.05, 0.1) is 9.30 Å². The van der Waals surface area contributed by atoms with Gasteiger partial charge >= 0.3 is 5.69 Å². The maximum atomic E-state index is 12.3. The molecule has 0 radical (unpaired) electrons. The molecule has 1 aliphatic heterocycles. The van der Waals surface area contributed by atoms with Crippen LogP contribution in [-0.2, 0) is 4.74 Å². The highest BCUT2D eigenvalue weighted by Crippen LogP contribution is 2.42. The molecule has 1 unspecified atom stereocenters. The number of aromatic amines is 1. The van der Waals surface area contributed by atoms with E-state index in [1.807, 2.05) is 10.9 Å². The van der Waals surface area contributed by atoms with Crippen molar-refractivity contribution in [2.45, 2.75) is 23.3 Å². The first-order valence-electron chi connectivity index (χ1n) is 6.73. The van der Waals surface area contributed by atoms with E-state index in [4.69, 9.17) is 19.1 Å². The van der Waals surface area contributed by atoms with Crippen LogP contribution in [0.5, 0.6) is 0 Å². The Morgan fingerprint density at radius 1 is 1.67 bits per heavy atom. The number of halogens is 2. The number of hydrogen-bond acceptors (Lipinski definition) is 5. The third-order valence-corrected chi connectivity index (χ3v) is 3.43. The molecular weight excluding hydrogens is 307 g/mol. The molecule has 0 saturated carbocycles. The minimum atomic E-state index is -3.00. The average Bonchev–Trinajstić information content (AvgIpc) is 2.70. The Morgan fingerprint density at radius 3 is 2.95 bits per heavy atom. The largest absolute Gasteiger partial charge is 0.394 e. The Bertz CT molecular complexity index is 767. The summed E-state index contributed by atoms with van der Waals surface area (Å²) >= 11 is 6.17. The number of hydrogen-bond donors (Lipinski definition) is 3. The summed E-state index contributed by atoms with van der Waals surface area (Å²) in [4.78, 5) is 22.8. The summed E-state index contributed by atoms with van der Waals surface area (Å²) in [5.41, 5.74) is -1.66. The molecule has 4 atom stereocenters. The monoisotopic (exact) mass is 320 g/mol. The summed E-state index contributed by atoms with van der Waals surface area (Å²) < 4.78 is 32.8. The Hall–Kier alpha value is -1.66. The molecule has 114 valence electrons. The zero-order chi connectivity index (χ0) is 17.4. The summed E-state index contributed by atoms with van der Waals surface area (Å²) in [6, 6.07) is 0.970. The van der Waals surface area contributed by atoms with Crippen molar-refractivity contribution < 1.29 is 22.1 Å². The number of aliphatic hydroxyl groups is 2. The molecule has 2 heterocycles. The summed E-state index contributed by atoms with van der Waals surface area (Å²) in [6.45, 7) is -4.11. The Balaban J connectivity index is 2.59. The van der Waals surface area contributed by atoms with Crippen molar-refractivity contribution in [3.63, 3.8) is 0 Å². The fourth-order valence-electron chi connectivity index (χ4n) is 1.96. The Kier molecular flexibility index (Phi) is 3.72. The number of nitrogens with zero attached hydrogens (tertiary/aromatic N) is 1. The van der Waals surface area contributed by atoms with Crippen LogP contribution < -0.4 is 11.2 Å². The van der Waals surface area contributed by atoms with Crippen molar-refractivity contribution in [2.75, 3.05) is 13.2 Å². The van der Waals surface area contributed by atoms with Crippen LogP contribution in [0.1, 0.15) is 8.97 Å². The van der Waals surface area contributed by atoms with Crippen molar-refractivity contribution in [3.8, 4) is 11.8 Å². The Morgan fingerprint density at radius 2 is 2.38 bits per heavy atom. The van der Waals surface area contributed by atoms with Crippen LogP contribution in [0.3, 0.4) is 0 Å². The van der Waals surface area contributed by atoms with Gasteiger partial charge in [-0.2, -0.15) is 0 Å². The number of rotatable bonds is 2. The lowest BCUT2D eigenvalue weighted by Crippen LogP contribution is -2.44. The van der Waals surface area contributed by atoms with Crippen LogP contribution in [0.2, 0.25) is 0 Å². The smallest absolute Gasteiger partial charge is 0.330 e. The highest BCUT2D eigenvalue weighted by atomic mass is 35.5. The van der Waals surface area contributed by atoms with Crippen molar-refractivity contribution >= 4 is 11.6 Å². The quantitative estimate of drug-likeness (QED) is 0.466. The molecule has 1 aromatic rings. The SMILES string of the molecule is [2H]C([2H])(O)[C@H]1O[C@@H](n2ccc(=O)[nH]c2=O)C(Cl)(C#CCF)[C@H]1O. The number of aliphatic hydroxyl groups excluding tert-OH is 1. The van der Waals surface area contributed by atoms with Gasteiger partial charge in [0.15, 0.2) is 11.1 Å². The minimum Gasteiger partial charge on any atom is -0.394 e. The van der Waals surface area contributed by atoms with Crippen LogP contribution >= 0.6 is 11.6 Å². The van der Waals surface area contributed by atoms with E-state index in [-0.39, 0.29) is 0 Å². The molecule has 9 heteroatoms. The molecule has 0 aromatic carbocycles. The van der Waals surface area contributed by atoms with E-state index in [0.29, 0.717) is 0 Å². The number of aromatic nitrogens is 2. The van der Waals surface area contributed by atoms with E-state index in [2.05, 4.69) is 5.92 Å². The maximum absolute atomic E-state index is 12.3. The summed E-state index contributed by atoms with van der Waals surface area (Å²) in [7, 11) is 0. The predicted molar refractivity (Wildman–Crippen MR) is 70.7 cm³/mol. The van der Waals surface area contributed by atoms with Crippen LogP contribution in [0.4, 0.5) is 4.39 Å². The molecule has 0 amide bonds. The number of H-pyrrole nitrogens is 1. The van der Waals surface area contributed by atoms with Crippen LogP contribution in [-0.4, -0.2) is 50.1 Å². The van der Waals surface area contributed by atoms with Gasteiger partial charge in [0.25, 0.3) is 5.56 Å². The number of alkyl halides is 2. The van der Waals surface area contributed by atoms with Crippen molar-refractivity contribution in [1.29, 1.82) is 0 Å². The number of ether oxygens (including phenoxy) is 1. The lowest BCUT2D eigenvalue weighted by Gasteiger charge is -2.25. The third kappa shape index (κ3) is 2.73. The van der Waals surface area contributed by atoms with Gasteiger partial charge in [-0.3, -0.25) is 14.3 Å². The summed E-state index contributed by atoms with van der Waals surface area (Å²) in [5, 5.41) is 19.6. The normalized spacial score (nSPS) is 33.8. The maximum Gasteiger partial charge on any atom is 0.330 e. The second-order valence-corrected chi connectivity index (χ2v) is 4.83. The lowest BCUT2D eigenvalue weighted by atomic mass is 9.99. The fourth-order valence-corrected chi connectivity index (χ4v) is 2.30. The van der Waals surface area contributed by atoms with E-state index in [1.54, 1.807) is 0 Å². The second kappa shape index (κ2) is 5.99. The van der Waals surface area contributed by atoms with Gasteiger partial charge in [0.1, 0.15) is 18.9 Å². The van der Waals surface area contributed by atoms with Gasteiger partial charge in [-0.1, -0.05) is 23.4 Å². The van der Waals surface area contributed by atoms with E-state index in [9.17, 15) is 24.2 Å². The Labute approximate surface area is 125 Å². The molecular formula is C12H12ClFN2O5. The molecule has 0 spiro atoms. The minimum absolute atomic E-state index is 0.700. The molecule has 0 aliphatic carbocycles. The molecule has 21 heavy (non-hydrogen) atoms. The van der Waals surface area contributed by atoms with Gasteiger partial charge in [-0.25, -0.2) is 9.18 Å². The first-order chi connectivity index (χ1) is 10.6. The summed E-state index contributed by atoms with van der Waals surface area (Å²) in [6.07, 6.45) is -4.30. The van der Waals surface area contributed by atoms with Gasteiger partial charge in [0.2, 0.25) is 0 Å². The molecule has 2 rings (SSSR count). The molecule has 1 fully saturated rings. The fraction of sp³-hybridized carbons (Fsp3) is 0.500. The van der Waals surface area contributed by atoms with Crippen molar-refractivity contribution in [1.82, 2.24) is 9.55 Å². The highest BCUT2D eigenvalue weighted by Gasteiger charge is 2.55. The van der Waals surface area contributed by atoms with Crippen LogP contribution in [0.15, 0.2) is 21.9 Å². The van der Waals surface area contributed by atoms with Crippen molar-refractivity contribution in [2.24, 2.45) is 0 Å². The zero-order valence-electron chi connectivity index (χ0n) is 12.4. The van der Waals surface area contributed by atoms with E-state index < -0.39 is 47.8 Å². The first kappa shape index (κ1) is 13.0. The van der Waals surface area contributed by atoms with Crippen molar-refractivity contribution in [3.05, 3.63) is 33.1 Å². The third-order valence-electron chi connectivity index (χ3n) is 2.93. The molecule has 7 nitrogen and oxygen atoms in total. The van der Waals surface area contributed by atoms with E-state index >= 15 is 0 Å². The van der Waals surface area contributed by atoms with Gasteiger partial charge in [0, 0.05) is 12.3 Å². The standard InChI is InChI=1S/C12H12ClFN2O5/c13-12(3-1-4-14)9(19)7(6-17)21-10(12)16-5-2-8(18)15-11(16)20/h2,5,7,9-10,17,19H,4,6H2,(H,15,18,20)/t7-,9+,10-,12?/m1/s1/i6D2. The molecule has 0 bridgehead atoms. The first-order valence-corrected chi connectivity index (χ1v) is 6.11. The summed E-state index contributed by atoms with van der Waals surface area (Å²) in [5.74, 6) is 4.17. The van der Waals surface area contributed by atoms with E-state index in [1.165, 1.54) is 0 Å².